The normalized spacial score (nSPS) is 17.5. The second-order valence-electron chi connectivity index (χ2n) is 6.61. The fourth-order valence-electron chi connectivity index (χ4n) is 3.28. The molecule has 26 heavy (non-hydrogen) atoms. The number of thiophene rings is 1. The van der Waals surface area contributed by atoms with Gasteiger partial charge in [0.05, 0.1) is 10.4 Å². The van der Waals surface area contributed by atoms with Crippen LogP contribution in [-0.4, -0.2) is 9.97 Å². The van der Waals surface area contributed by atoms with Crippen molar-refractivity contribution >= 4 is 44.3 Å². The first kappa shape index (κ1) is 17.4. The third-order valence-corrected chi connectivity index (χ3v) is 6.07. The Morgan fingerprint density at radius 1 is 1.38 bits per heavy atom. The third-order valence-electron chi connectivity index (χ3n) is 4.63. The Kier molecular flexibility index (Phi) is 4.40. The molecule has 1 aliphatic rings. The monoisotopic (exact) mass is 392 g/mol. The van der Waals surface area contributed by atoms with Crippen LogP contribution in [0.4, 0.5) is 8.78 Å². The van der Waals surface area contributed by atoms with Crippen molar-refractivity contribution in [1.82, 2.24) is 9.97 Å². The summed E-state index contributed by atoms with van der Waals surface area (Å²) in [4.78, 5) is 21.7. The summed E-state index contributed by atoms with van der Waals surface area (Å²) < 4.78 is 26.4. The van der Waals surface area contributed by atoms with Gasteiger partial charge in [-0.1, -0.05) is 24.6 Å². The highest BCUT2D eigenvalue weighted by molar-refractivity contribution is 7.18. The summed E-state index contributed by atoms with van der Waals surface area (Å²) in [6, 6.07) is 3.47. The Morgan fingerprint density at radius 2 is 2.19 bits per heavy atom. The fourth-order valence-corrected chi connectivity index (χ4v) is 4.88. The van der Waals surface area contributed by atoms with Crippen molar-refractivity contribution in [3.63, 3.8) is 0 Å². The third kappa shape index (κ3) is 3.08. The van der Waals surface area contributed by atoms with Crippen molar-refractivity contribution in [2.45, 2.75) is 26.2 Å². The summed E-state index contributed by atoms with van der Waals surface area (Å²) in [6.07, 6.45) is 4.36. The number of hydrogen-bond acceptors (Lipinski definition) is 3. The van der Waals surface area contributed by atoms with Crippen LogP contribution in [0.3, 0.4) is 0 Å². The maximum Gasteiger partial charge on any atom is 0.260 e. The van der Waals surface area contributed by atoms with E-state index in [9.17, 15) is 13.6 Å². The smallest absolute Gasteiger partial charge is 0.260 e. The number of aryl methyl sites for hydroxylation is 1. The standard InChI is InChI=1S/C19H15ClF2N2OS/c1-9-2-4-11-15(6-9)26-19-16(11)18(25)23-17(24-19)12(20)7-10-3-5-13(21)14(22)8-10/h3,5,7-9H,2,4,6H2,1H3,(H,23,24,25)/b12-7-/t9-/m1/s1. The molecule has 0 saturated heterocycles. The van der Waals surface area contributed by atoms with Crippen LogP contribution < -0.4 is 5.56 Å². The van der Waals surface area contributed by atoms with E-state index in [2.05, 4.69) is 16.9 Å². The number of rotatable bonds is 2. The molecule has 1 aliphatic carbocycles. The predicted molar refractivity (Wildman–Crippen MR) is 102 cm³/mol. The van der Waals surface area contributed by atoms with E-state index in [0.29, 0.717) is 21.7 Å². The average molecular weight is 393 g/mol. The van der Waals surface area contributed by atoms with Gasteiger partial charge in [-0.3, -0.25) is 4.79 Å². The molecule has 3 aromatic rings. The molecule has 0 spiro atoms. The first-order valence-electron chi connectivity index (χ1n) is 8.29. The molecule has 0 bridgehead atoms. The molecule has 0 saturated carbocycles. The van der Waals surface area contributed by atoms with E-state index in [-0.39, 0.29) is 16.4 Å². The van der Waals surface area contributed by atoms with E-state index < -0.39 is 11.6 Å². The molecule has 4 rings (SSSR count). The number of hydrogen-bond donors (Lipinski definition) is 1. The van der Waals surface area contributed by atoms with Gasteiger partial charge < -0.3 is 4.98 Å². The Labute approximate surface area is 157 Å². The van der Waals surface area contributed by atoms with Crippen LogP contribution in [0.15, 0.2) is 23.0 Å². The molecule has 0 fully saturated rings. The number of fused-ring (bicyclic) bond motifs is 3. The molecule has 2 heterocycles. The lowest BCUT2D eigenvalue weighted by atomic mass is 9.89. The molecule has 1 atom stereocenters. The highest BCUT2D eigenvalue weighted by Crippen LogP contribution is 2.36. The number of nitrogens with one attached hydrogen (secondary N) is 1. The molecule has 0 unspecified atom stereocenters. The number of H-pyrrole nitrogens is 1. The molecule has 2 aromatic heterocycles. The van der Waals surface area contributed by atoms with Crippen LogP contribution in [0, 0.1) is 17.6 Å². The zero-order valence-electron chi connectivity index (χ0n) is 13.9. The van der Waals surface area contributed by atoms with Crippen LogP contribution in [0.1, 0.15) is 35.2 Å². The largest absolute Gasteiger partial charge is 0.305 e. The molecule has 3 nitrogen and oxygen atoms in total. The Morgan fingerprint density at radius 3 is 2.96 bits per heavy atom. The van der Waals surface area contributed by atoms with Gasteiger partial charge in [-0.05, 0) is 54.5 Å². The van der Waals surface area contributed by atoms with Crippen LogP contribution in [0.5, 0.6) is 0 Å². The number of nitrogens with zero attached hydrogens (tertiary/aromatic N) is 1. The van der Waals surface area contributed by atoms with Crippen LogP contribution in [0.2, 0.25) is 0 Å². The van der Waals surface area contributed by atoms with Crippen molar-refractivity contribution in [3.8, 4) is 0 Å². The molecular weight excluding hydrogens is 378 g/mol. The van der Waals surface area contributed by atoms with E-state index in [0.717, 1.165) is 37.0 Å². The van der Waals surface area contributed by atoms with Crippen molar-refractivity contribution in [2.24, 2.45) is 5.92 Å². The molecule has 7 heteroatoms. The van der Waals surface area contributed by atoms with Gasteiger partial charge in [0.2, 0.25) is 0 Å². The first-order valence-corrected chi connectivity index (χ1v) is 9.49. The average Bonchev–Trinajstić information content (AvgIpc) is 2.95. The van der Waals surface area contributed by atoms with Crippen molar-refractivity contribution in [1.29, 1.82) is 0 Å². The number of aromatic nitrogens is 2. The van der Waals surface area contributed by atoms with Crippen LogP contribution >= 0.6 is 22.9 Å². The molecule has 1 N–H and O–H groups in total. The summed E-state index contributed by atoms with van der Waals surface area (Å²) >= 11 is 7.81. The van der Waals surface area contributed by atoms with Gasteiger partial charge >= 0.3 is 0 Å². The second kappa shape index (κ2) is 6.59. The highest BCUT2D eigenvalue weighted by atomic mass is 35.5. The van der Waals surface area contributed by atoms with E-state index in [1.165, 1.54) is 28.4 Å². The Bertz CT molecular complexity index is 1100. The van der Waals surface area contributed by atoms with E-state index in [1.807, 2.05) is 0 Å². The number of aromatic amines is 1. The van der Waals surface area contributed by atoms with E-state index in [1.54, 1.807) is 0 Å². The molecule has 0 amide bonds. The minimum Gasteiger partial charge on any atom is -0.305 e. The van der Waals surface area contributed by atoms with Gasteiger partial charge in [-0.25, -0.2) is 13.8 Å². The van der Waals surface area contributed by atoms with Crippen LogP contribution in [0.25, 0.3) is 21.3 Å². The maximum absolute atomic E-state index is 13.3. The minimum absolute atomic E-state index is 0.162. The van der Waals surface area contributed by atoms with Gasteiger partial charge in [0.1, 0.15) is 4.83 Å². The summed E-state index contributed by atoms with van der Waals surface area (Å²) in [5.41, 5.74) is 1.27. The van der Waals surface area contributed by atoms with Crippen molar-refractivity contribution in [2.75, 3.05) is 0 Å². The quantitative estimate of drug-likeness (QED) is 0.657. The first-order chi connectivity index (χ1) is 12.4. The van der Waals surface area contributed by atoms with Gasteiger partial charge in [0.15, 0.2) is 17.5 Å². The SMILES string of the molecule is C[C@@H]1CCc2c(sc3nc(/C(Cl)=C/c4ccc(F)c(F)c4)[nH]c(=O)c23)C1. The lowest BCUT2D eigenvalue weighted by Gasteiger charge is -2.17. The number of benzene rings is 1. The Balaban J connectivity index is 1.78. The van der Waals surface area contributed by atoms with Crippen molar-refractivity contribution in [3.05, 3.63) is 62.0 Å². The fraction of sp³-hybridized carbons (Fsp3) is 0.263. The Hall–Kier alpha value is -2.05. The van der Waals surface area contributed by atoms with Crippen LogP contribution in [-0.2, 0) is 12.8 Å². The summed E-state index contributed by atoms with van der Waals surface area (Å²) in [6.45, 7) is 2.21. The highest BCUT2D eigenvalue weighted by Gasteiger charge is 2.23. The lowest BCUT2D eigenvalue weighted by molar-refractivity contribution is 0.508. The van der Waals surface area contributed by atoms with Gasteiger partial charge in [0, 0.05) is 4.88 Å². The number of halogens is 3. The molecule has 1 aromatic carbocycles. The summed E-state index contributed by atoms with van der Waals surface area (Å²) in [5, 5.41) is 0.813. The molecule has 134 valence electrons. The lowest BCUT2D eigenvalue weighted by Crippen LogP contribution is -2.14. The minimum atomic E-state index is -0.958. The predicted octanol–water partition coefficient (Wildman–Crippen LogP) is 5.12. The van der Waals surface area contributed by atoms with E-state index >= 15 is 0 Å². The summed E-state index contributed by atoms with van der Waals surface area (Å²) in [5.74, 6) is -1.06. The van der Waals surface area contributed by atoms with Gasteiger partial charge in [0.25, 0.3) is 5.56 Å². The van der Waals surface area contributed by atoms with Gasteiger partial charge in [-0.2, -0.15) is 0 Å². The van der Waals surface area contributed by atoms with Crippen molar-refractivity contribution < 1.29 is 8.78 Å². The zero-order valence-corrected chi connectivity index (χ0v) is 15.5. The molecular formula is C19H15ClF2N2OS. The van der Waals surface area contributed by atoms with E-state index in [4.69, 9.17) is 11.6 Å². The molecule has 0 aliphatic heterocycles. The molecule has 0 radical (unpaired) electrons. The second-order valence-corrected chi connectivity index (χ2v) is 8.10. The maximum atomic E-state index is 13.3. The van der Waals surface area contributed by atoms with Gasteiger partial charge in [-0.15, -0.1) is 11.3 Å². The topological polar surface area (TPSA) is 45.8 Å². The zero-order chi connectivity index (χ0) is 18.4. The summed E-state index contributed by atoms with van der Waals surface area (Å²) in [7, 11) is 0.